The van der Waals surface area contributed by atoms with Crippen molar-refractivity contribution in [2.24, 2.45) is 5.92 Å². The molecule has 0 fully saturated rings. The smallest absolute Gasteiger partial charge is 0.255 e. The summed E-state index contributed by atoms with van der Waals surface area (Å²) in [5, 5.41) is 7.41. The molecule has 0 spiro atoms. The maximum absolute atomic E-state index is 13.1. The lowest BCUT2D eigenvalue weighted by Crippen LogP contribution is -2.13. The molecular weight excluding hydrogens is 480 g/mol. The molecule has 4 aromatic carbocycles. The van der Waals surface area contributed by atoms with E-state index < -0.39 is 0 Å². The predicted molar refractivity (Wildman–Crippen MR) is 162 cm³/mol. The number of hydrogen-bond donors (Lipinski definition) is 2. The van der Waals surface area contributed by atoms with Crippen LogP contribution in [0.25, 0.3) is 22.2 Å². The molecule has 5 heteroatoms. The van der Waals surface area contributed by atoms with Crippen LogP contribution in [0.4, 0.5) is 17.3 Å². The molecule has 0 bridgehead atoms. The third-order valence-electron chi connectivity index (χ3n) is 7.23. The normalized spacial score (nSPS) is 11.8. The third-order valence-corrected chi connectivity index (χ3v) is 7.23. The zero-order valence-electron chi connectivity index (χ0n) is 22.7. The monoisotopic (exact) mass is 514 g/mol. The maximum Gasteiger partial charge on any atom is 0.255 e. The first-order valence-corrected chi connectivity index (χ1v) is 13.6. The molecule has 1 heterocycles. The van der Waals surface area contributed by atoms with Crippen molar-refractivity contribution in [1.82, 2.24) is 9.97 Å². The van der Waals surface area contributed by atoms with Crippen LogP contribution in [0, 0.1) is 12.8 Å². The van der Waals surface area contributed by atoms with Crippen LogP contribution in [0.2, 0.25) is 0 Å². The van der Waals surface area contributed by atoms with Gasteiger partial charge in [-0.2, -0.15) is 0 Å². The van der Waals surface area contributed by atoms with E-state index in [0.29, 0.717) is 17.4 Å². The summed E-state index contributed by atoms with van der Waals surface area (Å²) in [7, 11) is 0. The number of nitrogens with zero attached hydrogens (tertiary/aromatic N) is 2. The van der Waals surface area contributed by atoms with Gasteiger partial charge in [0.05, 0.1) is 11.2 Å². The zero-order valence-corrected chi connectivity index (χ0v) is 22.7. The summed E-state index contributed by atoms with van der Waals surface area (Å²) in [4.78, 5) is 22.6. The van der Waals surface area contributed by atoms with Crippen molar-refractivity contribution in [3.63, 3.8) is 0 Å². The van der Waals surface area contributed by atoms with Crippen LogP contribution in [-0.2, 0) is 6.42 Å². The van der Waals surface area contributed by atoms with Gasteiger partial charge < -0.3 is 10.6 Å². The topological polar surface area (TPSA) is 66.9 Å². The van der Waals surface area contributed by atoms with E-state index in [1.165, 1.54) is 12.0 Å². The van der Waals surface area contributed by atoms with E-state index in [-0.39, 0.29) is 5.91 Å². The summed E-state index contributed by atoms with van der Waals surface area (Å²) in [5.74, 6) is 1.08. The Balaban J connectivity index is 1.31. The average molecular weight is 515 g/mol. The van der Waals surface area contributed by atoms with Crippen LogP contribution in [0.15, 0.2) is 97.1 Å². The van der Waals surface area contributed by atoms with Gasteiger partial charge in [-0.05, 0) is 73.2 Å². The van der Waals surface area contributed by atoms with Gasteiger partial charge in [0.1, 0.15) is 0 Å². The molecular formula is C34H34N4O. The molecule has 1 aromatic heterocycles. The van der Waals surface area contributed by atoms with Crippen molar-refractivity contribution < 1.29 is 4.79 Å². The summed E-state index contributed by atoms with van der Waals surface area (Å²) in [6.45, 7) is 6.53. The number of benzene rings is 4. The minimum atomic E-state index is -0.128. The Morgan fingerprint density at radius 3 is 2.38 bits per heavy atom. The lowest BCUT2D eigenvalue weighted by molar-refractivity contribution is 0.102. The Morgan fingerprint density at radius 2 is 1.62 bits per heavy atom. The Bertz CT molecular complexity index is 1580. The lowest BCUT2D eigenvalue weighted by atomic mass is 9.98. The molecule has 5 aromatic rings. The molecule has 1 atom stereocenters. The fourth-order valence-electron chi connectivity index (χ4n) is 4.55. The summed E-state index contributed by atoms with van der Waals surface area (Å²) >= 11 is 0. The number of para-hydroxylation sites is 1. The molecule has 0 aliphatic rings. The number of aromatic nitrogens is 2. The molecule has 0 aliphatic heterocycles. The minimum absolute atomic E-state index is 0.128. The van der Waals surface area contributed by atoms with Gasteiger partial charge in [0.2, 0.25) is 5.95 Å². The maximum atomic E-state index is 13.1. The highest BCUT2D eigenvalue weighted by molar-refractivity contribution is 6.05. The summed E-state index contributed by atoms with van der Waals surface area (Å²) < 4.78 is 0. The zero-order chi connectivity index (χ0) is 27.2. The number of amides is 1. The first-order valence-electron chi connectivity index (χ1n) is 13.6. The van der Waals surface area contributed by atoms with E-state index >= 15 is 0 Å². The van der Waals surface area contributed by atoms with E-state index in [1.54, 1.807) is 0 Å². The van der Waals surface area contributed by atoms with E-state index in [9.17, 15) is 4.79 Å². The van der Waals surface area contributed by atoms with Gasteiger partial charge in [-0.25, -0.2) is 9.97 Å². The highest BCUT2D eigenvalue weighted by atomic mass is 16.1. The fourth-order valence-corrected chi connectivity index (χ4v) is 4.55. The number of hydrogen-bond acceptors (Lipinski definition) is 4. The number of carbonyl (C=O) groups is 1. The average Bonchev–Trinajstić information content (AvgIpc) is 2.97. The second-order valence-corrected chi connectivity index (χ2v) is 10.1. The Labute approximate surface area is 230 Å². The second-order valence-electron chi connectivity index (χ2n) is 10.1. The van der Waals surface area contributed by atoms with Crippen LogP contribution in [0.5, 0.6) is 0 Å². The Kier molecular flexibility index (Phi) is 7.97. The molecule has 0 saturated carbocycles. The van der Waals surface area contributed by atoms with Gasteiger partial charge in [0.15, 0.2) is 0 Å². The largest absolute Gasteiger partial charge is 0.324 e. The van der Waals surface area contributed by atoms with E-state index in [0.717, 1.165) is 51.9 Å². The molecule has 0 saturated heterocycles. The lowest BCUT2D eigenvalue weighted by Gasteiger charge is -2.13. The number of anilines is 3. The molecule has 1 unspecified atom stereocenters. The van der Waals surface area contributed by atoms with Crippen molar-refractivity contribution >= 4 is 34.1 Å². The van der Waals surface area contributed by atoms with Crippen molar-refractivity contribution in [2.75, 3.05) is 10.6 Å². The van der Waals surface area contributed by atoms with Gasteiger partial charge in [-0.1, -0.05) is 80.9 Å². The predicted octanol–water partition coefficient (Wildman–Crippen LogP) is 8.58. The number of fused-ring (bicyclic) bond motifs is 1. The molecule has 5 nitrogen and oxygen atoms in total. The molecule has 2 N–H and O–H groups in total. The van der Waals surface area contributed by atoms with E-state index in [4.69, 9.17) is 9.97 Å². The molecule has 0 aliphatic carbocycles. The van der Waals surface area contributed by atoms with Crippen molar-refractivity contribution in [2.45, 2.75) is 40.0 Å². The van der Waals surface area contributed by atoms with Crippen LogP contribution in [0.1, 0.15) is 48.2 Å². The first-order chi connectivity index (χ1) is 19.0. The molecule has 5 rings (SSSR count). The van der Waals surface area contributed by atoms with Gasteiger partial charge in [0, 0.05) is 27.9 Å². The summed E-state index contributed by atoms with van der Waals surface area (Å²) in [5.41, 5.74) is 7.34. The van der Waals surface area contributed by atoms with Crippen LogP contribution >= 0.6 is 0 Å². The van der Waals surface area contributed by atoms with Crippen LogP contribution < -0.4 is 10.6 Å². The van der Waals surface area contributed by atoms with Gasteiger partial charge in [0.25, 0.3) is 5.91 Å². The number of aryl methyl sites for hydroxylation is 2. The Hall–Kier alpha value is -4.51. The van der Waals surface area contributed by atoms with E-state index in [2.05, 4.69) is 54.8 Å². The standard InChI is InChI=1S/C34H34N4O/c1-4-23(2)14-16-25-17-15-24(3)31(22-25)36-33(39)27-18-20-28(21-19-27)35-34-37-30-13-9-8-12-29(30)32(38-34)26-10-6-5-7-11-26/h5-13,15,17-23H,4,14,16H2,1-3H3,(H,36,39)(H,35,37,38). The SMILES string of the molecule is CCC(C)CCc1ccc(C)c(NC(=O)c2ccc(Nc3nc(-c4ccccc4)c4ccccc4n3)cc2)c1. The van der Waals surface area contributed by atoms with Gasteiger partial charge >= 0.3 is 0 Å². The van der Waals surface area contributed by atoms with Crippen LogP contribution in [-0.4, -0.2) is 15.9 Å². The first kappa shape index (κ1) is 26.1. The van der Waals surface area contributed by atoms with Crippen molar-refractivity contribution in [1.29, 1.82) is 0 Å². The minimum Gasteiger partial charge on any atom is -0.324 e. The fraction of sp³-hybridized carbons (Fsp3) is 0.206. The summed E-state index contributed by atoms with van der Waals surface area (Å²) in [6, 6.07) is 31.9. The Morgan fingerprint density at radius 1 is 0.872 bits per heavy atom. The second kappa shape index (κ2) is 11.9. The molecule has 0 radical (unpaired) electrons. The summed E-state index contributed by atoms with van der Waals surface area (Å²) in [6.07, 6.45) is 3.35. The molecule has 39 heavy (non-hydrogen) atoms. The highest BCUT2D eigenvalue weighted by Crippen LogP contribution is 2.28. The molecule has 196 valence electrons. The highest BCUT2D eigenvalue weighted by Gasteiger charge is 2.12. The quantitative estimate of drug-likeness (QED) is 0.207. The van der Waals surface area contributed by atoms with E-state index in [1.807, 2.05) is 73.7 Å². The third kappa shape index (κ3) is 6.32. The van der Waals surface area contributed by atoms with Crippen molar-refractivity contribution in [3.05, 3.63) is 114 Å². The van der Waals surface area contributed by atoms with Gasteiger partial charge in [-0.3, -0.25) is 4.79 Å². The number of carbonyl (C=O) groups excluding carboxylic acids is 1. The van der Waals surface area contributed by atoms with Crippen molar-refractivity contribution in [3.8, 4) is 11.3 Å². The number of nitrogens with one attached hydrogen (secondary N) is 2. The van der Waals surface area contributed by atoms with Gasteiger partial charge in [-0.15, -0.1) is 0 Å². The number of rotatable bonds is 9. The van der Waals surface area contributed by atoms with Crippen LogP contribution in [0.3, 0.4) is 0 Å². The molecule has 1 amide bonds.